The Kier molecular flexibility index (Phi) is 9.26. The fraction of sp³-hybridized carbons (Fsp3) is 0.375. The zero-order valence-corrected chi connectivity index (χ0v) is 20.2. The summed E-state index contributed by atoms with van der Waals surface area (Å²) in [7, 11) is 0. The molecule has 2 rings (SSSR count). The van der Waals surface area contributed by atoms with Gasteiger partial charge in [-0.3, -0.25) is 9.59 Å². The summed E-state index contributed by atoms with van der Waals surface area (Å²) in [6.07, 6.45) is -0.367. The second-order valence-electron chi connectivity index (χ2n) is 7.98. The molecule has 0 radical (unpaired) electrons. The molecule has 0 fully saturated rings. The molecule has 1 atom stereocenters. The highest BCUT2D eigenvalue weighted by molar-refractivity contribution is 9.10. The molecule has 0 bridgehead atoms. The number of halogens is 1. The molecule has 1 amide bonds. The summed E-state index contributed by atoms with van der Waals surface area (Å²) >= 11 is 3.34. The highest BCUT2D eigenvalue weighted by Crippen LogP contribution is 2.24. The van der Waals surface area contributed by atoms with Gasteiger partial charge in [-0.15, -0.1) is 0 Å². The molecule has 172 valence electrons. The van der Waals surface area contributed by atoms with Gasteiger partial charge in [0.15, 0.2) is 0 Å². The lowest BCUT2D eigenvalue weighted by atomic mass is 10.1. The molecule has 0 aliphatic rings. The van der Waals surface area contributed by atoms with Gasteiger partial charge in [0.25, 0.3) is 5.91 Å². The molecule has 0 aliphatic carbocycles. The predicted molar refractivity (Wildman–Crippen MR) is 123 cm³/mol. The maximum Gasteiger partial charge on any atom is 0.329 e. The topological polar surface area (TPSA) is 90.9 Å². The van der Waals surface area contributed by atoms with Gasteiger partial charge in [0, 0.05) is 4.47 Å². The first-order valence-corrected chi connectivity index (χ1v) is 11.0. The Bertz CT molecular complexity index is 939. The number of carbonyl (C=O) groups excluding carboxylic acids is 3. The number of carbonyl (C=O) groups is 3. The van der Waals surface area contributed by atoms with Crippen LogP contribution in [0.25, 0.3) is 0 Å². The molecule has 0 aliphatic heterocycles. The van der Waals surface area contributed by atoms with E-state index in [1.54, 1.807) is 45.9 Å². The minimum Gasteiger partial charge on any atom is -0.493 e. The third-order valence-electron chi connectivity index (χ3n) is 4.10. The fourth-order valence-corrected chi connectivity index (χ4v) is 3.06. The SMILES string of the molecule is CCOc1cc(Br)ccc1C(=O)N[C@@H](CC(=O)OCc1ccccc1)C(=O)OC(C)(C)C. The average molecular weight is 506 g/mol. The first-order chi connectivity index (χ1) is 15.1. The summed E-state index contributed by atoms with van der Waals surface area (Å²) in [5.41, 5.74) is 0.262. The van der Waals surface area contributed by atoms with Gasteiger partial charge in [-0.05, 0) is 51.5 Å². The summed E-state index contributed by atoms with van der Waals surface area (Å²) in [6, 6.07) is 12.9. The van der Waals surface area contributed by atoms with E-state index in [2.05, 4.69) is 21.2 Å². The first-order valence-electron chi connectivity index (χ1n) is 10.2. The molecular weight excluding hydrogens is 478 g/mol. The molecule has 2 aromatic carbocycles. The van der Waals surface area contributed by atoms with E-state index >= 15 is 0 Å². The summed E-state index contributed by atoms with van der Waals surface area (Å²) < 4.78 is 16.9. The quantitative estimate of drug-likeness (QED) is 0.507. The monoisotopic (exact) mass is 505 g/mol. The van der Waals surface area contributed by atoms with Crippen LogP contribution in [-0.4, -0.2) is 36.1 Å². The lowest BCUT2D eigenvalue weighted by Gasteiger charge is -2.24. The fourth-order valence-electron chi connectivity index (χ4n) is 2.72. The van der Waals surface area contributed by atoms with Crippen LogP contribution in [0.1, 0.15) is 50.0 Å². The molecule has 0 saturated heterocycles. The van der Waals surface area contributed by atoms with Crippen molar-refractivity contribution >= 4 is 33.8 Å². The number of esters is 2. The molecule has 2 aromatic rings. The molecule has 1 N–H and O–H groups in total. The van der Waals surface area contributed by atoms with Crippen LogP contribution in [-0.2, 0) is 25.7 Å². The summed E-state index contributed by atoms with van der Waals surface area (Å²) in [4.78, 5) is 38.1. The zero-order chi connectivity index (χ0) is 23.7. The molecule has 0 saturated carbocycles. The number of hydrogen-bond acceptors (Lipinski definition) is 6. The van der Waals surface area contributed by atoms with Gasteiger partial charge in [0.2, 0.25) is 0 Å². The minimum atomic E-state index is -1.22. The van der Waals surface area contributed by atoms with Crippen molar-refractivity contribution in [1.82, 2.24) is 5.32 Å². The Hall–Kier alpha value is -2.87. The maximum atomic E-state index is 12.9. The number of nitrogens with one attached hydrogen (secondary N) is 1. The summed E-state index contributed by atoms with van der Waals surface area (Å²) in [5.74, 6) is -1.56. The highest BCUT2D eigenvalue weighted by Gasteiger charge is 2.30. The Balaban J connectivity index is 2.15. The van der Waals surface area contributed by atoms with Crippen LogP contribution >= 0.6 is 15.9 Å². The Morgan fingerprint density at radius 3 is 2.38 bits per heavy atom. The average Bonchev–Trinajstić information content (AvgIpc) is 2.71. The molecule has 8 heteroatoms. The van der Waals surface area contributed by atoms with Crippen molar-refractivity contribution in [2.45, 2.75) is 52.4 Å². The van der Waals surface area contributed by atoms with Crippen molar-refractivity contribution in [3.63, 3.8) is 0 Å². The molecule has 32 heavy (non-hydrogen) atoms. The smallest absolute Gasteiger partial charge is 0.329 e. The van der Waals surface area contributed by atoms with E-state index in [-0.39, 0.29) is 18.6 Å². The Morgan fingerprint density at radius 2 is 1.75 bits per heavy atom. The van der Waals surface area contributed by atoms with E-state index < -0.39 is 29.5 Å². The second-order valence-corrected chi connectivity index (χ2v) is 8.90. The van der Waals surface area contributed by atoms with Crippen LogP contribution in [0.3, 0.4) is 0 Å². The van der Waals surface area contributed by atoms with Crippen molar-refractivity contribution in [3.05, 3.63) is 64.1 Å². The van der Waals surface area contributed by atoms with Gasteiger partial charge in [-0.1, -0.05) is 46.3 Å². The van der Waals surface area contributed by atoms with Crippen molar-refractivity contribution in [3.8, 4) is 5.75 Å². The Morgan fingerprint density at radius 1 is 1.06 bits per heavy atom. The first kappa shape index (κ1) is 25.4. The minimum absolute atomic E-state index is 0.0653. The van der Waals surface area contributed by atoms with E-state index in [1.807, 2.05) is 30.3 Å². The standard InChI is InChI=1S/C24H28BrNO6/c1-5-30-20-13-17(25)11-12-18(20)22(28)26-19(23(29)32-24(2,3)4)14-21(27)31-15-16-9-7-6-8-10-16/h6-13,19H,5,14-15H2,1-4H3,(H,26,28)/t19-/m0/s1. The summed E-state index contributed by atoms with van der Waals surface area (Å²) in [6.45, 7) is 7.35. The van der Waals surface area contributed by atoms with Crippen LogP contribution in [0.5, 0.6) is 5.75 Å². The zero-order valence-electron chi connectivity index (χ0n) is 18.6. The highest BCUT2D eigenvalue weighted by atomic mass is 79.9. The molecule has 0 heterocycles. The molecule has 0 unspecified atom stereocenters. The van der Waals surface area contributed by atoms with Gasteiger partial charge in [-0.2, -0.15) is 0 Å². The maximum absolute atomic E-state index is 12.9. The van der Waals surface area contributed by atoms with Gasteiger partial charge < -0.3 is 19.5 Å². The third kappa shape index (κ3) is 8.34. The normalized spacial score (nSPS) is 11.9. The van der Waals surface area contributed by atoms with Crippen molar-refractivity contribution in [2.75, 3.05) is 6.61 Å². The number of hydrogen-bond donors (Lipinski definition) is 1. The largest absolute Gasteiger partial charge is 0.493 e. The second kappa shape index (κ2) is 11.7. The number of rotatable bonds is 9. The van der Waals surface area contributed by atoms with E-state index in [0.29, 0.717) is 12.4 Å². The lowest BCUT2D eigenvalue weighted by molar-refractivity contribution is -0.161. The summed E-state index contributed by atoms with van der Waals surface area (Å²) in [5, 5.41) is 2.59. The molecule has 0 aromatic heterocycles. The number of ether oxygens (including phenoxy) is 3. The van der Waals surface area contributed by atoms with Crippen LogP contribution < -0.4 is 10.1 Å². The Labute approximate surface area is 196 Å². The van der Waals surface area contributed by atoms with Crippen molar-refractivity contribution < 1.29 is 28.6 Å². The molecule has 7 nitrogen and oxygen atoms in total. The van der Waals surface area contributed by atoms with Gasteiger partial charge in [0.05, 0.1) is 18.6 Å². The van der Waals surface area contributed by atoms with Crippen molar-refractivity contribution in [1.29, 1.82) is 0 Å². The van der Waals surface area contributed by atoms with E-state index in [9.17, 15) is 14.4 Å². The molecule has 0 spiro atoms. The third-order valence-corrected chi connectivity index (χ3v) is 4.59. The number of benzene rings is 2. The van der Waals surface area contributed by atoms with Crippen LogP contribution in [0.15, 0.2) is 53.0 Å². The van der Waals surface area contributed by atoms with E-state index in [0.717, 1.165) is 10.0 Å². The molecular formula is C24H28BrNO6. The van der Waals surface area contributed by atoms with Gasteiger partial charge >= 0.3 is 11.9 Å². The number of amides is 1. The lowest BCUT2D eigenvalue weighted by Crippen LogP contribution is -2.45. The van der Waals surface area contributed by atoms with Crippen molar-refractivity contribution in [2.24, 2.45) is 0 Å². The predicted octanol–water partition coefficient (Wildman–Crippen LogP) is 4.42. The van der Waals surface area contributed by atoms with E-state index in [4.69, 9.17) is 14.2 Å². The van der Waals surface area contributed by atoms with Crippen LogP contribution in [0, 0.1) is 0 Å². The van der Waals surface area contributed by atoms with E-state index in [1.165, 1.54) is 0 Å². The van der Waals surface area contributed by atoms with Gasteiger partial charge in [0.1, 0.15) is 24.0 Å². The van der Waals surface area contributed by atoms with Crippen LogP contribution in [0.4, 0.5) is 0 Å². The van der Waals surface area contributed by atoms with Crippen LogP contribution in [0.2, 0.25) is 0 Å². The van der Waals surface area contributed by atoms with Gasteiger partial charge in [-0.25, -0.2) is 4.79 Å².